The van der Waals surface area contributed by atoms with Crippen LogP contribution in [0.4, 0.5) is 0 Å². The molecule has 174 valence electrons. The first-order valence-corrected chi connectivity index (χ1v) is 20.7. The Kier molecular flexibility index (Phi) is 8.35. The minimum absolute atomic E-state index is 0.0750. The standard InChI is InChI=1S/C24H48O3Si3/c1-18-20(26-29(11,12)23(2,3)4)17-21(27-30(13,14)24(5,6)7)22(18)19(25)15-16-28(8,9)10/h19-22,25H,1,17H2,2-14H3/t19-,20-,21+,22-/m0/s1. The smallest absolute Gasteiger partial charge is 0.192 e. The first-order chi connectivity index (χ1) is 13.1. The maximum atomic E-state index is 11.1. The Morgan fingerprint density at radius 1 is 0.900 bits per heavy atom. The van der Waals surface area contributed by atoms with Crippen molar-refractivity contribution in [3.05, 3.63) is 12.2 Å². The van der Waals surface area contributed by atoms with Gasteiger partial charge in [-0.1, -0.05) is 73.7 Å². The van der Waals surface area contributed by atoms with Gasteiger partial charge in [0.25, 0.3) is 0 Å². The highest BCUT2D eigenvalue weighted by atomic mass is 28.4. The summed E-state index contributed by atoms with van der Waals surface area (Å²) in [6, 6.07) is 0. The molecule has 1 aliphatic carbocycles. The van der Waals surface area contributed by atoms with Gasteiger partial charge in [0.05, 0.1) is 12.2 Å². The van der Waals surface area contributed by atoms with Crippen molar-refractivity contribution >= 4 is 24.7 Å². The van der Waals surface area contributed by atoms with Crippen LogP contribution in [0.25, 0.3) is 0 Å². The molecule has 0 aromatic carbocycles. The van der Waals surface area contributed by atoms with Gasteiger partial charge in [0.1, 0.15) is 14.2 Å². The molecule has 4 atom stereocenters. The largest absolute Gasteiger partial charge is 0.413 e. The van der Waals surface area contributed by atoms with Crippen LogP contribution in [0.15, 0.2) is 12.2 Å². The van der Waals surface area contributed by atoms with E-state index in [0.717, 1.165) is 12.0 Å². The third-order valence-electron chi connectivity index (χ3n) is 7.12. The molecule has 30 heavy (non-hydrogen) atoms. The van der Waals surface area contributed by atoms with Gasteiger partial charge < -0.3 is 14.0 Å². The summed E-state index contributed by atoms with van der Waals surface area (Å²) in [4.78, 5) is 0. The molecule has 0 saturated heterocycles. The van der Waals surface area contributed by atoms with E-state index in [1.165, 1.54) is 0 Å². The second-order valence-electron chi connectivity index (χ2n) is 13.1. The van der Waals surface area contributed by atoms with Crippen LogP contribution in [0.2, 0.25) is 55.9 Å². The number of hydrogen-bond acceptors (Lipinski definition) is 3. The van der Waals surface area contributed by atoms with Gasteiger partial charge in [0.2, 0.25) is 0 Å². The molecule has 0 heterocycles. The zero-order valence-electron chi connectivity index (χ0n) is 22.0. The second kappa shape index (κ2) is 8.99. The monoisotopic (exact) mass is 468 g/mol. The molecule has 1 saturated carbocycles. The Morgan fingerprint density at radius 3 is 1.73 bits per heavy atom. The molecule has 0 spiro atoms. The highest BCUT2D eigenvalue weighted by molar-refractivity contribution is 6.83. The van der Waals surface area contributed by atoms with Gasteiger partial charge in [-0.05, 0) is 41.8 Å². The third kappa shape index (κ3) is 6.91. The topological polar surface area (TPSA) is 38.7 Å². The van der Waals surface area contributed by atoms with E-state index in [1.807, 2.05) is 0 Å². The summed E-state index contributed by atoms with van der Waals surface area (Å²) >= 11 is 0. The summed E-state index contributed by atoms with van der Waals surface area (Å²) < 4.78 is 13.6. The van der Waals surface area contributed by atoms with Gasteiger partial charge in [-0.15, -0.1) is 5.54 Å². The fourth-order valence-electron chi connectivity index (χ4n) is 3.08. The molecule has 0 bridgehead atoms. The van der Waals surface area contributed by atoms with Crippen molar-refractivity contribution in [3.63, 3.8) is 0 Å². The summed E-state index contributed by atoms with van der Waals surface area (Å²) in [5, 5.41) is 11.3. The number of rotatable bonds is 5. The molecule has 1 rings (SSSR count). The van der Waals surface area contributed by atoms with Crippen LogP contribution in [0.5, 0.6) is 0 Å². The summed E-state index contributed by atoms with van der Waals surface area (Å²) in [6.07, 6.45) is -0.172. The summed E-state index contributed by atoms with van der Waals surface area (Å²) in [7, 11) is -5.55. The van der Waals surface area contributed by atoms with Crippen molar-refractivity contribution in [1.82, 2.24) is 0 Å². The predicted molar refractivity (Wildman–Crippen MR) is 139 cm³/mol. The first kappa shape index (κ1) is 27.9. The molecule has 1 N–H and O–H groups in total. The van der Waals surface area contributed by atoms with Gasteiger partial charge in [-0.3, -0.25) is 0 Å². The van der Waals surface area contributed by atoms with Crippen molar-refractivity contribution < 1.29 is 14.0 Å². The highest BCUT2D eigenvalue weighted by Crippen LogP contribution is 2.46. The second-order valence-corrected chi connectivity index (χ2v) is 27.3. The molecule has 0 radical (unpaired) electrons. The van der Waals surface area contributed by atoms with E-state index in [9.17, 15) is 5.11 Å². The minimum atomic E-state index is -2.01. The van der Waals surface area contributed by atoms with E-state index < -0.39 is 30.8 Å². The quantitative estimate of drug-likeness (QED) is 0.281. The van der Waals surface area contributed by atoms with E-state index in [-0.39, 0.29) is 28.2 Å². The van der Waals surface area contributed by atoms with E-state index in [0.29, 0.717) is 0 Å². The average molecular weight is 469 g/mol. The Labute approximate surface area is 190 Å². The van der Waals surface area contributed by atoms with Gasteiger partial charge in [0, 0.05) is 12.3 Å². The lowest BCUT2D eigenvalue weighted by Crippen LogP contribution is -2.46. The summed E-state index contributed by atoms with van der Waals surface area (Å²) in [5.41, 5.74) is 4.30. The van der Waals surface area contributed by atoms with Crippen LogP contribution >= 0.6 is 0 Å². The van der Waals surface area contributed by atoms with Gasteiger partial charge >= 0.3 is 0 Å². The molecule has 0 aliphatic heterocycles. The normalized spacial score (nSPS) is 25.1. The van der Waals surface area contributed by atoms with Crippen molar-refractivity contribution in [1.29, 1.82) is 0 Å². The number of hydrogen-bond donors (Lipinski definition) is 1. The van der Waals surface area contributed by atoms with Crippen LogP contribution in [-0.2, 0) is 8.85 Å². The Morgan fingerprint density at radius 2 is 1.33 bits per heavy atom. The minimum Gasteiger partial charge on any atom is -0.413 e. The maximum Gasteiger partial charge on any atom is 0.192 e. The van der Waals surface area contributed by atoms with Gasteiger partial charge in [-0.25, -0.2) is 0 Å². The molecule has 1 fully saturated rings. The molecular weight excluding hydrogens is 421 g/mol. The summed E-state index contributed by atoms with van der Waals surface area (Å²) in [6.45, 7) is 33.6. The van der Waals surface area contributed by atoms with Gasteiger partial charge in [-0.2, -0.15) is 0 Å². The zero-order chi connectivity index (χ0) is 23.9. The van der Waals surface area contributed by atoms with Crippen molar-refractivity contribution in [2.24, 2.45) is 5.92 Å². The van der Waals surface area contributed by atoms with E-state index in [4.69, 9.17) is 8.85 Å². The van der Waals surface area contributed by atoms with Crippen LogP contribution in [0.1, 0.15) is 48.0 Å². The van der Waals surface area contributed by atoms with Crippen molar-refractivity contribution in [3.8, 4) is 11.5 Å². The lowest BCUT2D eigenvalue weighted by atomic mass is 9.95. The van der Waals surface area contributed by atoms with Crippen LogP contribution in [0, 0.1) is 17.4 Å². The average Bonchev–Trinajstić information content (AvgIpc) is 2.76. The van der Waals surface area contributed by atoms with Crippen molar-refractivity contribution in [2.75, 3.05) is 0 Å². The third-order valence-corrected chi connectivity index (χ3v) is 17.0. The Balaban J connectivity index is 3.27. The number of aliphatic hydroxyl groups is 1. The molecule has 3 nitrogen and oxygen atoms in total. The zero-order valence-corrected chi connectivity index (χ0v) is 25.0. The Hall–Kier alpha value is -0.169. The SMILES string of the molecule is C=C1[C@@H]([C@@H](O)C#C[Si](C)(C)C)[C@H](O[Si](C)(C)C(C)(C)C)C[C@@H]1O[Si](C)(C)C(C)(C)C. The molecule has 1 aliphatic rings. The van der Waals surface area contributed by atoms with Gasteiger partial charge in [0.15, 0.2) is 16.6 Å². The molecule has 0 aromatic heterocycles. The van der Waals surface area contributed by atoms with Crippen molar-refractivity contribution in [2.45, 2.75) is 122 Å². The molecule has 0 aromatic rings. The van der Waals surface area contributed by atoms with Crippen LogP contribution in [-0.4, -0.2) is 48.1 Å². The molecule has 0 amide bonds. The Bertz CT molecular complexity index is 682. The van der Waals surface area contributed by atoms with E-state index >= 15 is 0 Å². The molecule has 0 unspecified atom stereocenters. The predicted octanol–water partition coefficient (Wildman–Crippen LogP) is 6.59. The van der Waals surface area contributed by atoms with E-state index in [1.54, 1.807) is 0 Å². The summed E-state index contributed by atoms with van der Waals surface area (Å²) in [5.74, 6) is 2.96. The fraction of sp³-hybridized carbons (Fsp3) is 0.833. The molecular formula is C24H48O3Si3. The molecule has 6 heteroatoms. The first-order valence-electron chi connectivity index (χ1n) is 11.3. The lowest BCUT2D eigenvalue weighted by Gasteiger charge is -2.40. The fourth-order valence-corrected chi connectivity index (χ4v) is 6.33. The highest BCUT2D eigenvalue weighted by Gasteiger charge is 2.50. The number of aliphatic hydroxyl groups excluding tert-OH is 1. The maximum absolute atomic E-state index is 11.1. The van der Waals surface area contributed by atoms with Crippen LogP contribution in [0.3, 0.4) is 0 Å². The van der Waals surface area contributed by atoms with Crippen LogP contribution < -0.4 is 0 Å². The van der Waals surface area contributed by atoms with E-state index in [2.05, 4.69) is 105 Å². The lowest BCUT2D eigenvalue weighted by molar-refractivity contribution is 0.0778.